The number of para-hydroxylation sites is 1. The van der Waals surface area contributed by atoms with Crippen LogP contribution in [-0.2, 0) is 13.0 Å². The Hall–Kier alpha value is -2.67. The summed E-state index contributed by atoms with van der Waals surface area (Å²) in [5.41, 5.74) is 3.34. The monoisotopic (exact) mass is 368 g/mol. The molecule has 0 aliphatic rings. The lowest BCUT2D eigenvalue weighted by molar-refractivity contribution is 0.796. The Kier molecular flexibility index (Phi) is 6.01. The third-order valence-electron chi connectivity index (χ3n) is 4.00. The minimum Gasteiger partial charge on any atom is -0.356 e. The van der Waals surface area contributed by atoms with Crippen LogP contribution < -0.4 is 10.6 Å². The van der Waals surface area contributed by atoms with Crippen LogP contribution in [0, 0.1) is 13.8 Å². The zero-order chi connectivity index (χ0) is 18.4. The Bertz CT molecular complexity index is 865. The molecule has 0 unspecified atom stereocenters. The Morgan fingerprint density at radius 1 is 1.19 bits per heavy atom. The Morgan fingerprint density at radius 3 is 2.69 bits per heavy atom. The summed E-state index contributed by atoms with van der Waals surface area (Å²) in [7, 11) is 1.79. The molecule has 0 spiro atoms. The van der Waals surface area contributed by atoms with Gasteiger partial charge < -0.3 is 10.6 Å². The van der Waals surface area contributed by atoms with Gasteiger partial charge in [0.1, 0.15) is 0 Å². The third-order valence-corrected chi connectivity index (χ3v) is 5.08. The zero-order valence-corrected chi connectivity index (χ0v) is 16.2. The van der Waals surface area contributed by atoms with E-state index in [-0.39, 0.29) is 0 Å². The second kappa shape index (κ2) is 8.62. The van der Waals surface area contributed by atoms with Crippen LogP contribution in [0.1, 0.15) is 21.1 Å². The van der Waals surface area contributed by atoms with E-state index in [9.17, 15) is 0 Å². The molecule has 0 saturated heterocycles. The highest BCUT2D eigenvalue weighted by Gasteiger charge is 2.06. The lowest BCUT2D eigenvalue weighted by Gasteiger charge is -2.10. The normalized spacial score (nSPS) is 11.6. The summed E-state index contributed by atoms with van der Waals surface area (Å²) in [5, 5.41) is 12.2. The van der Waals surface area contributed by atoms with Gasteiger partial charge >= 0.3 is 0 Å². The number of guanidine groups is 1. The van der Waals surface area contributed by atoms with E-state index in [1.165, 1.54) is 10.4 Å². The number of hydrogen-bond acceptors (Lipinski definition) is 4. The van der Waals surface area contributed by atoms with Crippen LogP contribution in [0.25, 0.3) is 5.69 Å². The fourth-order valence-corrected chi connectivity index (χ4v) is 3.54. The molecule has 6 nitrogen and oxygen atoms in total. The summed E-state index contributed by atoms with van der Waals surface area (Å²) in [6, 6.07) is 10.1. The van der Waals surface area contributed by atoms with Crippen LogP contribution in [0.4, 0.5) is 0 Å². The predicted octanol–water partition coefficient (Wildman–Crippen LogP) is 2.85. The predicted molar refractivity (Wildman–Crippen MR) is 107 cm³/mol. The summed E-state index contributed by atoms with van der Waals surface area (Å²) in [4.78, 5) is 9.98. The fourth-order valence-electron chi connectivity index (χ4n) is 2.66. The number of hydrogen-bond donors (Lipinski definition) is 2. The maximum atomic E-state index is 4.45. The number of benzene rings is 1. The van der Waals surface area contributed by atoms with Crippen LogP contribution in [0.3, 0.4) is 0 Å². The first-order valence-corrected chi connectivity index (χ1v) is 9.44. The van der Waals surface area contributed by atoms with Crippen molar-refractivity contribution in [1.82, 2.24) is 25.4 Å². The average Bonchev–Trinajstić information content (AvgIpc) is 3.25. The average molecular weight is 369 g/mol. The van der Waals surface area contributed by atoms with Crippen LogP contribution in [0.5, 0.6) is 0 Å². The number of nitrogens with one attached hydrogen (secondary N) is 2. The van der Waals surface area contributed by atoms with Crippen molar-refractivity contribution >= 4 is 17.3 Å². The van der Waals surface area contributed by atoms with Crippen molar-refractivity contribution < 1.29 is 0 Å². The Morgan fingerprint density at radius 2 is 2.00 bits per heavy atom. The van der Waals surface area contributed by atoms with Gasteiger partial charge in [0.2, 0.25) is 0 Å². The molecule has 0 atom stereocenters. The largest absolute Gasteiger partial charge is 0.356 e. The van der Waals surface area contributed by atoms with Crippen molar-refractivity contribution in [2.45, 2.75) is 26.8 Å². The van der Waals surface area contributed by atoms with E-state index < -0.39 is 0 Å². The van der Waals surface area contributed by atoms with Crippen molar-refractivity contribution in [2.75, 3.05) is 13.6 Å². The lowest BCUT2D eigenvalue weighted by atomic mass is 10.2. The summed E-state index contributed by atoms with van der Waals surface area (Å²) < 4.78 is 1.90. The first-order valence-electron chi connectivity index (χ1n) is 8.62. The van der Waals surface area contributed by atoms with Gasteiger partial charge in [-0.2, -0.15) is 5.10 Å². The van der Waals surface area contributed by atoms with Crippen LogP contribution in [0.15, 0.2) is 47.7 Å². The van der Waals surface area contributed by atoms with Gasteiger partial charge in [0, 0.05) is 24.7 Å². The molecular weight excluding hydrogens is 344 g/mol. The third kappa shape index (κ3) is 4.70. The minimum absolute atomic E-state index is 0.739. The van der Waals surface area contributed by atoms with Crippen LogP contribution in [0.2, 0.25) is 0 Å². The van der Waals surface area contributed by atoms with E-state index in [1.807, 2.05) is 55.1 Å². The number of aryl methyl sites for hydroxylation is 2. The highest BCUT2D eigenvalue weighted by Crippen LogP contribution is 2.16. The minimum atomic E-state index is 0.739. The van der Waals surface area contributed by atoms with Gasteiger partial charge in [-0.25, -0.2) is 9.67 Å². The summed E-state index contributed by atoms with van der Waals surface area (Å²) in [5.74, 6) is 0.797. The van der Waals surface area contributed by atoms with Gasteiger partial charge in [0.05, 0.1) is 29.1 Å². The first-order chi connectivity index (χ1) is 12.7. The maximum Gasteiger partial charge on any atom is 0.191 e. The molecule has 0 aliphatic carbocycles. The van der Waals surface area contributed by atoms with Gasteiger partial charge in [-0.3, -0.25) is 4.99 Å². The molecule has 2 heterocycles. The Balaban J connectivity index is 1.47. The zero-order valence-electron chi connectivity index (χ0n) is 15.4. The van der Waals surface area contributed by atoms with Crippen molar-refractivity contribution in [3.63, 3.8) is 0 Å². The maximum absolute atomic E-state index is 4.45. The molecule has 3 rings (SSSR count). The molecule has 0 bridgehead atoms. The van der Waals surface area contributed by atoms with Gasteiger partial charge in [-0.1, -0.05) is 18.2 Å². The molecule has 3 aromatic rings. The number of nitrogens with zero attached hydrogens (tertiary/aromatic N) is 4. The summed E-state index contributed by atoms with van der Waals surface area (Å²) >= 11 is 1.72. The van der Waals surface area contributed by atoms with Crippen LogP contribution >= 0.6 is 11.3 Å². The quantitative estimate of drug-likeness (QED) is 0.519. The molecule has 0 fully saturated rings. The van der Waals surface area contributed by atoms with Crippen LogP contribution in [-0.4, -0.2) is 34.3 Å². The second-order valence-corrected chi connectivity index (χ2v) is 7.26. The van der Waals surface area contributed by atoms with Crippen molar-refractivity contribution in [2.24, 2.45) is 4.99 Å². The molecule has 26 heavy (non-hydrogen) atoms. The highest BCUT2D eigenvalue weighted by atomic mass is 32.1. The van der Waals surface area contributed by atoms with E-state index in [0.717, 1.165) is 41.9 Å². The molecule has 0 saturated carbocycles. The summed E-state index contributed by atoms with van der Waals surface area (Å²) in [6.07, 6.45) is 4.86. The van der Waals surface area contributed by atoms with E-state index in [0.29, 0.717) is 0 Å². The van der Waals surface area contributed by atoms with Gasteiger partial charge in [-0.15, -0.1) is 11.3 Å². The molecule has 136 valence electrons. The topological polar surface area (TPSA) is 67.1 Å². The first kappa shape index (κ1) is 18.1. The van der Waals surface area contributed by atoms with Gasteiger partial charge in [0.25, 0.3) is 0 Å². The number of aromatic nitrogens is 3. The lowest BCUT2D eigenvalue weighted by Crippen LogP contribution is -2.37. The highest BCUT2D eigenvalue weighted by molar-refractivity contribution is 7.11. The standard InChI is InChI=1S/C19H24N6S/c1-14-18(26-15(2)24-14)12-22-19(20-3)21-10-9-16-11-23-25(13-16)17-7-5-4-6-8-17/h4-8,11,13H,9-10,12H2,1-3H3,(H2,20,21,22). The van der Waals surface area contributed by atoms with Crippen molar-refractivity contribution in [3.8, 4) is 5.69 Å². The van der Waals surface area contributed by atoms with E-state index in [2.05, 4.69) is 31.9 Å². The Labute approximate surface area is 158 Å². The number of thiazole rings is 1. The molecule has 0 aliphatic heterocycles. The van der Waals surface area contributed by atoms with Gasteiger partial charge in [-0.05, 0) is 38.0 Å². The van der Waals surface area contributed by atoms with E-state index in [4.69, 9.17) is 0 Å². The van der Waals surface area contributed by atoms with Crippen molar-refractivity contribution in [1.29, 1.82) is 0 Å². The fraction of sp³-hybridized carbons (Fsp3) is 0.316. The van der Waals surface area contributed by atoms with E-state index >= 15 is 0 Å². The number of aliphatic imine (C=N–C) groups is 1. The SMILES string of the molecule is CN=C(NCCc1cnn(-c2ccccc2)c1)NCc1sc(C)nc1C. The smallest absolute Gasteiger partial charge is 0.191 e. The molecular formula is C19H24N6S. The summed E-state index contributed by atoms with van der Waals surface area (Å²) in [6.45, 7) is 5.61. The molecule has 2 N–H and O–H groups in total. The van der Waals surface area contributed by atoms with Crippen molar-refractivity contribution in [3.05, 3.63) is 63.9 Å². The van der Waals surface area contributed by atoms with E-state index in [1.54, 1.807) is 18.4 Å². The second-order valence-electron chi connectivity index (χ2n) is 5.97. The molecule has 1 aromatic carbocycles. The molecule has 2 aromatic heterocycles. The molecule has 7 heteroatoms. The number of rotatable bonds is 6. The van der Waals surface area contributed by atoms with Gasteiger partial charge in [0.15, 0.2) is 5.96 Å². The molecule has 0 radical (unpaired) electrons. The molecule has 0 amide bonds.